The predicted octanol–water partition coefficient (Wildman–Crippen LogP) is 4.31. The van der Waals surface area contributed by atoms with Crippen LogP contribution in [0.2, 0.25) is 0 Å². The van der Waals surface area contributed by atoms with E-state index in [2.05, 4.69) is 11.4 Å². The summed E-state index contributed by atoms with van der Waals surface area (Å²) in [6, 6.07) is 7.91. The van der Waals surface area contributed by atoms with E-state index in [1.54, 1.807) is 4.90 Å². The Labute approximate surface area is 145 Å². The van der Waals surface area contributed by atoms with Crippen LogP contribution < -0.4 is 5.32 Å². The van der Waals surface area contributed by atoms with Crippen LogP contribution in [0.25, 0.3) is 0 Å². The summed E-state index contributed by atoms with van der Waals surface area (Å²) >= 11 is 0. The summed E-state index contributed by atoms with van der Waals surface area (Å²) in [5.41, 5.74) is 1.47. The van der Waals surface area contributed by atoms with E-state index < -0.39 is 5.60 Å². The van der Waals surface area contributed by atoms with Crippen molar-refractivity contribution in [1.29, 1.82) is 5.26 Å². The highest BCUT2D eigenvalue weighted by atomic mass is 16.6. The Morgan fingerprint density at radius 1 is 1.25 bits per heavy atom. The summed E-state index contributed by atoms with van der Waals surface area (Å²) in [5, 5.41) is 12.5. The van der Waals surface area contributed by atoms with Gasteiger partial charge >= 0.3 is 6.09 Å². The van der Waals surface area contributed by atoms with Gasteiger partial charge in [0.05, 0.1) is 11.3 Å². The monoisotopic (exact) mass is 331 g/mol. The van der Waals surface area contributed by atoms with Gasteiger partial charge in [0, 0.05) is 18.6 Å². The topological polar surface area (TPSA) is 65.4 Å². The fraction of sp³-hybridized carbons (Fsp3) is 0.579. The molecule has 0 atom stereocenters. The molecule has 5 nitrogen and oxygen atoms in total. The van der Waals surface area contributed by atoms with Gasteiger partial charge in [-0.2, -0.15) is 5.26 Å². The molecule has 24 heavy (non-hydrogen) atoms. The van der Waals surface area contributed by atoms with Crippen molar-refractivity contribution in [2.75, 3.05) is 18.4 Å². The molecule has 0 heterocycles. The minimum Gasteiger partial charge on any atom is -0.444 e. The highest BCUT2D eigenvalue weighted by Gasteiger charge is 2.30. The first kappa shape index (κ1) is 19.8. The molecule has 1 rings (SSSR count). The minimum absolute atomic E-state index is 0.332. The van der Waals surface area contributed by atoms with Gasteiger partial charge in [0.25, 0.3) is 0 Å². The van der Waals surface area contributed by atoms with Gasteiger partial charge in [-0.15, -0.1) is 0 Å². The molecule has 0 aromatic heterocycles. The molecule has 0 spiro atoms. The van der Waals surface area contributed by atoms with Gasteiger partial charge in [0.1, 0.15) is 11.7 Å². The molecule has 0 aliphatic carbocycles. The van der Waals surface area contributed by atoms with E-state index >= 15 is 0 Å². The normalized spacial score (nSPS) is 11.6. The molecule has 1 aromatic carbocycles. The zero-order chi connectivity index (χ0) is 18.5. The number of rotatable bonds is 4. The summed E-state index contributed by atoms with van der Waals surface area (Å²) in [7, 11) is 0. The fourth-order valence-corrected chi connectivity index (χ4v) is 2.28. The molecule has 1 N–H and O–H groups in total. The quantitative estimate of drug-likeness (QED) is 0.892. The number of carbonyl (C=O) groups is 1. The average molecular weight is 331 g/mol. The summed E-state index contributed by atoms with van der Waals surface area (Å²) in [6.45, 7) is 14.4. The number of anilines is 1. The number of amides is 1. The Morgan fingerprint density at radius 2 is 1.88 bits per heavy atom. The number of benzene rings is 1. The van der Waals surface area contributed by atoms with E-state index in [4.69, 9.17) is 4.74 Å². The molecule has 1 amide bonds. The maximum atomic E-state index is 12.4. The lowest BCUT2D eigenvalue weighted by molar-refractivity contribution is 0.00749. The van der Waals surface area contributed by atoms with Crippen LogP contribution in [0.3, 0.4) is 0 Å². The van der Waals surface area contributed by atoms with E-state index in [1.165, 1.54) is 0 Å². The Bertz CT molecular complexity index is 619. The van der Waals surface area contributed by atoms with E-state index in [0.29, 0.717) is 18.7 Å². The second-order valence-corrected chi connectivity index (χ2v) is 7.84. The van der Waals surface area contributed by atoms with Crippen LogP contribution in [0.5, 0.6) is 0 Å². The fourth-order valence-electron chi connectivity index (χ4n) is 2.28. The molecular formula is C19H29N3O2. The van der Waals surface area contributed by atoms with Gasteiger partial charge in [-0.05, 0) is 60.1 Å². The highest BCUT2D eigenvalue weighted by Crippen LogP contribution is 2.20. The van der Waals surface area contributed by atoms with Crippen molar-refractivity contribution in [3.8, 4) is 6.07 Å². The van der Waals surface area contributed by atoms with E-state index in [1.807, 2.05) is 66.7 Å². The molecule has 0 saturated heterocycles. The van der Waals surface area contributed by atoms with Crippen LogP contribution in [0.1, 0.15) is 52.7 Å². The maximum absolute atomic E-state index is 12.4. The SMILES string of the molecule is Cc1cccc(NCCN(C(=O)OC(C)(C)C)C(C)(C)C)c1C#N. The lowest BCUT2D eigenvalue weighted by atomic mass is 10.1. The molecule has 0 unspecified atom stereocenters. The third-order valence-corrected chi connectivity index (χ3v) is 3.46. The first-order chi connectivity index (χ1) is 11.0. The summed E-state index contributed by atoms with van der Waals surface area (Å²) < 4.78 is 5.50. The lowest BCUT2D eigenvalue weighted by Gasteiger charge is -2.37. The van der Waals surface area contributed by atoms with Gasteiger partial charge in [-0.1, -0.05) is 12.1 Å². The Kier molecular flexibility index (Phi) is 6.25. The van der Waals surface area contributed by atoms with Gasteiger partial charge in [0.2, 0.25) is 0 Å². The van der Waals surface area contributed by atoms with Crippen molar-refractivity contribution < 1.29 is 9.53 Å². The third kappa shape index (κ3) is 5.77. The standard InChI is InChI=1S/C19H29N3O2/c1-14-9-8-10-16(15(14)13-20)21-11-12-22(18(2,3)4)17(23)24-19(5,6)7/h8-10,21H,11-12H2,1-7H3. The molecule has 1 aromatic rings. The number of nitriles is 1. The Morgan fingerprint density at radius 3 is 2.38 bits per heavy atom. The number of carbonyl (C=O) groups excluding carboxylic acids is 1. The summed E-state index contributed by atoms with van der Waals surface area (Å²) in [6.07, 6.45) is -0.332. The van der Waals surface area contributed by atoms with Crippen molar-refractivity contribution in [2.45, 2.75) is 59.6 Å². The van der Waals surface area contributed by atoms with Crippen LogP contribution >= 0.6 is 0 Å². The second-order valence-electron chi connectivity index (χ2n) is 7.84. The molecule has 132 valence electrons. The number of hydrogen-bond donors (Lipinski definition) is 1. The second kappa shape index (κ2) is 7.57. The van der Waals surface area contributed by atoms with Gasteiger partial charge in [-0.25, -0.2) is 4.79 Å². The molecule has 0 aliphatic heterocycles. The zero-order valence-electron chi connectivity index (χ0n) is 15.9. The maximum Gasteiger partial charge on any atom is 0.410 e. The summed E-state index contributed by atoms with van der Waals surface area (Å²) in [4.78, 5) is 14.2. The van der Waals surface area contributed by atoms with Crippen LogP contribution in [0.4, 0.5) is 10.5 Å². The van der Waals surface area contributed by atoms with E-state index in [0.717, 1.165) is 11.3 Å². The van der Waals surface area contributed by atoms with Crippen LogP contribution in [-0.4, -0.2) is 35.2 Å². The molecule has 5 heteroatoms. The number of hydrogen-bond acceptors (Lipinski definition) is 4. The Hall–Kier alpha value is -2.22. The third-order valence-electron chi connectivity index (χ3n) is 3.46. The minimum atomic E-state index is -0.529. The lowest BCUT2D eigenvalue weighted by Crippen LogP contribution is -2.49. The highest BCUT2D eigenvalue weighted by molar-refractivity contribution is 5.69. The van der Waals surface area contributed by atoms with Crippen LogP contribution in [-0.2, 0) is 4.74 Å². The predicted molar refractivity (Wildman–Crippen MR) is 97.1 cm³/mol. The smallest absolute Gasteiger partial charge is 0.410 e. The van der Waals surface area contributed by atoms with Crippen molar-refractivity contribution in [3.05, 3.63) is 29.3 Å². The molecule has 0 saturated carbocycles. The first-order valence-electron chi connectivity index (χ1n) is 8.20. The van der Waals surface area contributed by atoms with Gasteiger partial charge in [-0.3, -0.25) is 0 Å². The van der Waals surface area contributed by atoms with E-state index in [9.17, 15) is 10.1 Å². The number of nitrogens with one attached hydrogen (secondary N) is 1. The molecule has 0 radical (unpaired) electrons. The van der Waals surface area contributed by atoms with E-state index in [-0.39, 0.29) is 11.6 Å². The Balaban J connectivity index is 2.79. The summed E-state index contributed by atoms with van der Waals surface area (Å²) in [5.74, 6) is 0. The van der Waals surface area contributed by atoms with Gasteiger partial charge in [0.15, 0.2) is 0 Å². The average Bonchev–Trinajstić information content (AvgIpc) is 2.40. The molecule has 0 aliphatic rings. The number of aryl methyl sites for hydroxylation is 1. The largest absolute Gasteiger partial charge is 0.444 e. The molecular weight excluding hydrogens is 302 g/mol. The molecule has 0 bridgehead atoms. The van der Waals surface area contributed by atoms with Crippen molar-refractivity contribution >= 4 is 11.8 Å². The molecule has 0 fully saturated rings. The zero-order valence-corrected chi connectivity index (χ0v) is 15.9. The first-order valence-corrected chi connectivity index (χ1v) is 8.20. The van der Waals surface area contributed by atoms with Gasteiger partial charge < -0.3 is 15.0 Å². The van der Waals surface area contributed by atoms with Crippen molar-refractivity contribution in [3.63, 3.8) is 0 Å². The van der Waals surface area contributed by atoms with Crippen molar-refractivity contribution in [1.82, 2.24) is 4.90 Å². The van der Waals surface area contributed by atoms with Crippen molar-refractivity contribution in [2.24, 2.45) is 0 Å². The van der Waals surface area contributed by atoms with Crippen LogP contribution in [0.15, 0.2) is 18.2 Å². The number of ether oxygens (including phenoxy) is 1. The van der Waals surface area contributed by atoms with Crippen LogP contribution in [0, 0.1) is 18.3 Å². The number of nitrogens with zero attached hydrogens (tertiary/aromatic N) is 2.